The van der Waals surface area contributed by atoms with Crippen LogP contribution in [0.4, 0.5) is 0 Å². The van der Waals surface area contributed by atoms with Crippen molar-refractivity contribution in [2.45, 2.75) is 46.1 Å². The van der Waals surface area contributed by atoms with Crippen molar-refractivity contribution in [3.63, 3.8) is 0 Å². The number of benzene rings is 2. The fourth-order valence-corrected chi connectivity index (χ4v) is 5.96. The van der Waals surface area contributed by atoms with Gasteiger partial charge in [0.05, 0.1) is 20.3 Å². The minimum atomic E-state index is -0.0526. The summed E-state index contributed by atoms with van der Waals surface area (Å²) in [5.41, 5.74) is 1.28. The van der Waals surface area contributed by atoms with Crippen molar-refractivity contribution in [3.05, 3.63) is 44.3 Å². The molecule has 2 atom stereocenters. The molecule has 8 heteroatoms. The number of halogens is 2. The van der Waals surface area contributed by atoms with E-state index >= 15 is 0 Å². The van der Waals surface area contributed by atoms with E-state index in [1.807, 2.05) is 12.1 Å². The Bertz CT molecular complexity index is 1100. The predicted molar refractivity (Wildman–Crippen MR) is 144 cm³/mol. The Morgan fingerprint density at radius 2 is 1.44 bits per heavy atom. The fraction of sp³-hybridized carbons (Fsp3) is 0.462. The molecular formula is C26H32Br2N2O4. The van der Waals surface area contributed by atoms with Crippen molar-refractivity contribution in [2.75, 3.05) is 20.8 Å². The number of ether oxygens (including phenoxy) is 2. The summed E-state index contributed by atoms with van der Waals surface area (Å²) in [7, 11) is 3.06. The third-order valence-electron chi connectivity index (χ3n) is 6.13. The first kappa shape index (κ1) is 26.5. The van der Waals surface area contributed by atoms with Crippen LogP contribution < -0.4 is 9.47 Å². The summed E-state index contributed by atoms with van der Waals surface area (Å²) >= 11 is 6.91. The smallest absolute Gasteiger partial charge is 0.166 e. The van der Waals surface area contributed by atoms with Crippen LogP contribution in [0.25, 0.3) is 0 Å². The predicted octanol–water partition coefficient (Wildman–Crippen LogP) is 6.76. The molecule has 0 spiro atoms. The molecule has 1 aliphatic rings. The van der Waals surface area contributed by atoms with Gasteiger partial charge in [0.15, 0.2) is 23.0 Å². The van der Waals surface area contributed by atoms with Crippen LogP contribution in [0, 0.1) is 10.8 Å². The number of methoxy groups -OCH3 is 2. The Morgan fingerprint density at radius 1 is 0.912 bits per heavy atom. The van der Waals surface area contributed by atoms with Gasteiger partial charge in [0.1, 0.15) is 0 Å². The Kier molecular flexibility index (Phi) is 8.34. The normalized spacial score (nSPS) is 22.4. The number of aliphatic imine (C=N–C) groups is 2. The van der Waals surface area contributed by atoms with Crippen LogP contribution >= 0.6 is 31.9 Å². The minimum absolute atomic E-state index is 0.0526. The van der Waals surface area contributed by atoms with Gasteiger partial charge in [-0.15, -0.1) is 0 Å². The maximum absolute atomic E-state index is 10.5. The van der Waals surface area contributed by atoms with Gasteiger partial charge in [-0.05, 0) is 54.4 Å². The highest BCUT2D eigenvalue weighted by Gasteiger charge is 2.41. The average Bonchev–Trinajstić information content (AvgIpc) is 2.74. The molecule has 184 valence electrons. The van der Waals surface area contributed by atoms with Crippen LogP contribution in [0.5, 0.6) is 23.0 Å². The largest absolute Gasteiger partial charge is 0.504 e. The van der Waals surface area contributed by atoms with Crippen molar-refractivity contribution < 1.29 is 19.7 Å². The van der Waals surface area contributed by atoms with Crippen LogP contribution in [-0.2, 0) is 0 Å². The van der Waals surface area contributed by atoms with Crippen molar-refractivity contribution in [2.24, 2.45) is 20.8 Å². The molecule has 2 aromatic carbocycles. The summed E-state index contributed by atoms with van der Waals surface area (Å²) in [6.45, 7) is 7.39. The zero-order chi connectivity index (χ0) is 25.1. The molecule has 2 aromatic rings. The fourth-order valence-electron chi connectivity index (χ4n) is 5.05. The lowest BCUT2D eigenvalue weighted by molar-refractivity contribution is 0.0918. The van der Waals surface area contributed by atoms with Crippen molar-refractivity contribution in [1.82, 2.24) is 0 Å². The van der Waals surface area contributed by atoms with E-state index < -0.39 is 0 Å². The standard InChI is InChI=1S/C26H32Br2N2O4/c1-25(2)10-20(30-13-17-7-19(28)9-22(34-5)24(17)32)11-26(3,14-25)15-29-12-16-6-18(27)8-21(33-4)23(16)31/h6-9,12-13,20,31-32H,10-11,14-15H2,1-5H3/t20-,26-/m1/s1. The van der Waals surface area contributed by atoms with Gasteiger partial charge in [0, 0.05) is 39.0 Å². The van der Waals surface area contributed by atoms with Crippen LogP contribution in [0.3, 0.4) is 0 Å². The summed E-state index contributed by atoms with van der Waals surface area (Å²) in [6.07, 6.45) is 6.30. The lowest BCUT2D eigenvalue weighted by Gasteiger charge is -2.45. The van der Waals surface area contributed by atoms with E-state index in [1.165, 1.54) is 14.2 Å². The number of phenols is 2. The second-order valence-electron chi connectivity index (χ2n) is 10.1. The van der Waals surface area contributed by atoms with Gasteiger partial charge in [-0.2, -0.15) is 0 Å². The second kappa shape index (κ2) is 10.7. The van der Waals surface area contributed by atoms with Crippen LogP contribution in [-0.4, -0.2) is 49.4 Å². The van der Waals surface area contributed by atoms with Gasteiger partial charge in [0.2, 0.25) is 0 Å². The third-order valence-corrected chi connectivity index (χ3v) is 7.04. The second-order valence-corrected chi connectivity index (χ2v) is 11.9. The van der Waals surface area contributed by atoms with E-state index in [0.29, 0.717) is 29.2 Å². The molecule has 0 aromatic heterocycles. The van der Waals surface area contributed by atoms with Crippen molar-refractivity contribution in [3.8, 4) is 23.0 Å². The number of hydrogen-bond donors (Lipinski definition) is 2. The maximum atomic E-state index is 10.5. The van der Waals surface area contributed by atoms with E-state index in [2.05, 4.69) is 52.6 Å². The summed E-state index contributed by atoms with van der Waals surface area (Å²) in [4.78, 5) is 9.57. The summed E-state index contributed by atoms with van der Waals surface area (Å²) in [5, 5.41) is 20.9. The summed E-state index contributed by atoms with van der Waals surface area (Å²) in [6, 6.07) is 7.20. The molecule has 0 unspecified atom stereocenters. The zero-order valence-electron chi connectivity index (χ0n) is 20.2. The molecule has 3 rings (SSSR count). The molecule has 34 heavy (non-hydrogen) atoms. The minimum Gasteiger partial charge on any atom is -0.504 e. The third kappa shape index (κ3) is 6.54. The maximum Gasteiger partial charge on any atom is 0.166 e. The van der Waals surface area contributed by atoms with E-state index in [9.17, 15) is 10.2 Å². The monoisotopic (exact) mass is 594 g/mol. The quantitative estimate of drug-likeness (QED) is 0.346. The lowest BCUT2D eigenvalue weighted by atomic mass is 9.63. The molecular weight excluding hydrogens is 564 g/mol. The van der Waals surface area contributed by atoms with Crippen LogP contribution in [0.15, 0.2) is 43.2 Å². The highest BCUT2D eigenvalue weighted by atomic mass is 79.9. The Hall–Kier alpha value is -2.06. The molecule has 6 nitrogen and oxygen atoms in total. The molecule has 0 aliphatic heterocycles. The summed E-state index contributed by atoms with van der Waals surface area (Å²) < 4.78 is 12.1. The molecule has 0 bridgehead atoms. The summed E-state index contributed by atoms with van der Waals surface area (Å²) in [5.74, 6) is 0.977. The molecule has 0 saturated heterocycles. The van der Waals surface area contributed by atoms with E-state index in [4.69, 9.17) is 19.5 Å². The molecule has 2 N–H and O–H groups in total. The zero-order valence-corrected chi connectivity index (χ0v) is 23.4. The van der Waals surface area contributed by atoms with Crippen LogP contribution in [0.1, 0.15) is 51.2 Å². The topological polar surface area (TPSA) is 83.6 Å². The molecule has 1 saturated carbocycles. The van der Waals surface area contributed by atoms with Crippen molar-refractivity contribution >= 4 is 44.3 Å². The Balaban J connectivity index is 1.79. The first-order valence-electron chi connectivity index (χ1n) is 11.1. The van der Waals surface area contributed by atoms with Gasteiger partial charge in [0.25, 0.3) is 0 Å². The molecule has 1 fully saturated rings. The molecule has 0 heterocycles. The van der Waals surface area contributed by atoms with Gasteiger partial charge >= 0.3 is 0 Å². The van der Waals surface area contributed by atoms with Gasteiger partial charge in [-0.1, -0.05) is 52.6 Å². The number of aromatic hydroxyl groups is 2. The first-order chi connectivity index (χ1) is 15.9. The van der Waals surface area contributed by atoms with Crippen molar-refractivity contribution in [1.29, 1.82) is 0 Å². The van der Waals surface area contributed by atoms with Gasteiger partial charge in [-0.25, -0.2) is 0 Å². The molecule has 0 amide bonds. The van der Waals surface area contributed by atoms with Gasteiger partial charge < -0.3 is 19.7 Å². The Morgan fingerprint density at radius 3 is 1.97 bits per heavy atom. The Labute approximate surface area is 218 Å². The van der Waals surface area contributed by atoms with Crippen LogP contribution in [0.2, 0.25) is 0 Å². The molecule has 1 aliphatic carbocycles. The van der Waals surface area contributed by atoms with E-state index in [1.54, 1.807) is 24.6 Å². The van der Waals surface area contributed by atoms with Gasteiger partial charge in [-0.3, -0.25) is 9.98 Å². The van der Waals surface area contributed by atoms with E-state index in [-0.39, 0.29) is 28.4 Å². The highest BCUT2D eigenvalue weighted by molar-refractivity contribution is 9.10. The SMILES string of the molecule is COc1cc(Br)cc(C=NC[C@]2(C)C[C@H](N=Cc3cc(Br)cc(OC)c3O)CC(C)(C)C2)c1O. The number of hydrogen-bond acceptors (Lipinski definition) is 6. The molecule has 0 radical (unpaired) electrons. The lowest BCUT2D eigenvalue weighted by Crippen LogP contribution is -2.39. The first-order valence-corrected chi connectivity index (χ1v) is 12.7. The highest BCUT2D eigenvalue weighted by Crippen LogP contribution is 2.47. The number of rotatable bonds is 7. The average molecular weight is 596 g/mol. The number of nitrogens with zero attached hydrogens (tertiary/aromatic N) is 2. The van der Waals surface area contributed by atoms with E-state index in [0.717, 1.165) is 28.2 Å². The number of phenolic OH excluding ortho intramolecular Hbond substituents is 2.